The molecule has 1 aromatic heterocycles. The lowest BCUT2D eigenvalue weighted by Crippen LogP contribution is -3.14. The van der Waals surface area contributed by atoms with Crippen LogP contribution in [0.15, 0.2) is 36.4 Å². The van der Waals surface area contributed by atoms with E-state index in [0.29, 0.717) is 12.2 Å². The van der Waals surface area contributed by atoms with E-state index < -0.39 is 0 Å². The van der Waals surface area contributed by atoms with Gasteiger partial charge in [0.15, 0.2) is 0 Å². The number of quaternary nitrogens is 1. The van der Waals surface area contributed by atoms with Crippen LogP contribution < -0.4 is 10.2 Å². The highest BCUT2D eigenvalue weighted by atomic mass is 16.5. The molecule has 0 spiro atoms. The quantitative estimate of drug-likeness (QED) is 0.824. The molecule has 3 rings (SSSR count). The third-order valence-corrected chi connectivity index (χ3v) is 3.80. The molecule has 0 radical (unpaired) electrons. The number of carbonyl (C=O) groups is 1. The van der Waals surface area contributed by atoms with Crippen molar-refractivity contribution in [1.29, 1.82) is 0 Å². The molecule has 1 amide bonds. The van der Waals surface area contributed by atoms with Gasteiger partial charge in [-0.2, -0.15) is 0 Å². The van der Waals surface area contributed by atoms with Gasteiger partial charge in [-0.1, -0.05) is 24.3 Å². The van der Waals surface area contributed by atoms with Gasteiger partial charge in [-0.15, -0.1) is 0 Å². The Morgan fingerprint density at radius 1 is 1.19 bits per heavy atom. The first-order valence-corrected chi connectivity index (χ1v) is 7.38. The highest BCUT2D eigenvalue weighted by molar-refractivity contribution is 5.94. The van der Waals surface area contributed by atoms with E-state index in [1.807, 2.05) is 30.3 Å². The molecule has 110 valence electrons. The Morgan fingerprint density at radius 3 is 2.86 bits per heavy atom. The fraction of sp³-hybridized carbons (Fsp3) is 0.375. The largest absolute Gasteiger partial charge is 0.370 e. The van der Waals surface area contributed by atoms with Crippen molar-refractivity contribution in [1.82, 2.24) is 10.3 Å². The maximum atomic E-state index is 12.1. The minimum Gasteiger partial charge on any atom is -0.370 e. The van der Waals surface area contributed by atoms with E-state index >= 15 is 0 Å². The lowest BCUT2D eigenvalue weighted by molar-refractivity contribution is -0.906. The first-order chi connectivity index (χ1) is 10.3. The predicted octanol–water partition coefficient (Wildman–Crippen LogP) is -0.120. The molecule has 1 aliphatic heterocycles. The Labute approximate surface area is 123 Å². The van der Waals surface area contributed by atoms with Gasteiger partial charge in [-0.3, -0.25) is 4.79 Å². The van der Waals surface area contributed by atoms with Gasteiger partial charge in [-0.05, 0) is 12.1 Å². The van der Waals surface area contributed by atoms with Crippen LogP contribution in [0, 0.1) is 0 Å². The second kappa shape index (κ2) is 6.65. The summed E-state index contributed by atoms with van der Waals surface area (Å²) >= 11 is 0. The van der Waals surface area contributed by atoms with E-state index in [0.717, 1.165) is 43.8 Å². The summed E-state index contributed by atoms with van der Waals surface area (Å²) in [5, 5.41) is 4.00. The fourth-order valence-electron chi connectivity index (χ4n) is 2.55. The molecule has 1 aromatic carbocycles. The maximum Gasteiger partial charge on any atom is 0.270 e. The Balaban J connectivity index is 1.56. The summed E-state index contributed by atoms with van der Waals surface area (Å²) in [7, 11) is 0. The SMILES string of the molecule is O=C(NCC[NH+]1CCOCC1)c1ccc2ccccc2n1. The molecule has 0 atom stereocenters. The number of para-hydroxylation sites is 1. The summed E-state index contributed by atoms with van der Waals surface area (Å²) in [5.74, 6) is -0.103. The number of aromatic nitrogens is 1. The number of ether oxygens (including phenoxy) is 1. The van der Waals surface area contributed by atoms with Crippen molar-refractivity contribution in [3.8, 4) is 0 Å². The lowest BCUT2D eigenvalue weighted by atomic mass is 10.2. The van der Waals surface area contributed by atoms with Gasteiger partial charge in [0, 0.05) is 5.39 Å². The zero-order valence-corrected chi connectivity index (χ0v) is 12.0. The first kappa shape index (κ1) is 14.0. The normalized spacial score (nSPS) is 16.0. The van der Waals surface area contributed by atoms with Gasteiger partial charge >= 0.3 is 0 Å². The van der Waals surface area contributed by atoms with Crippen molar-refractivity contribution < 1.29 is 14.4 Å². The van der Waals surface area contributed by atoms with E-state index in [-0.39, 0.29) is 5.91 Å². The van der Waals surface area contributed by atoms with Crippen LogP contribution in [-0.4, -0.2) is 50.3 Å². The van der Waals surface area contributed by atoms with Crippen molar-refractivity contribution in [2.45, 2.75) is 0 Å². The maximum absolute atomic E-state index is 12.1. The molecule has 21 heavy (non-hydrogen) atoms. The predicted molar refractivity (Wildman–Crippen MR) is 80.5 cm³/mol. The molecular weight excluding hydrogens is 266 g/mol. The van der Waals surface area contributed by atoms with E-state index in [1.165, 1.54) is 4.90 Å². The number of rotatable bonds is 4. The van der Waals surface area contributed by atoms with Crippen LogP contribution in [0.4, 0.5) is 0 Å². The molecule has 1 fully saturated rings. The van der Waals surface area contributed by atoms with Crippen LogP contribution in [0.2, 0.25) is 0 Å². The Bertz CT molecular complexity index is 624. The molecule has 0 bridgehead atoms. The van der Waals surface area contributed by atoms with E-state index in [2.05, 4.69) is 10.3 Å². The van der Waals surface area contributed by atoms with Crippen molar-refractivity contribution in [2.75, 3.05) is 39.4 Å². The molecule has 2 aromatic rings. The average Bonchev–Trinajstić information content (AvgIpc) is 2.55. The summed E-state index contributed by atoms with van der Waals surface area (Å²) in [4.78, 5) is 18.0. The van der Waals surface area contributed by atoms with Gasteiger partial charge in [0.2, 0.25) is 0 Å². The molecule has 2 N–H and O–H groups in total. The van der Waals surface area contributed by atoms with E-state index in [4.69, 9.17) is 4.74 Å². The molecule has 0 saturated carbocycles. The number of hydrogen-bond donors (Lipinski definition) is 2. The summed E-state index contributed by atoms with van der Waals surface area (Å²) in [6.45, 7) is 5.27. The number of hydrogen-bond acceptors (Lipinski definition) is 3. The highest BCUT2D eigenvalue weighted by Crippen LogP contribution is 2.11. The molecule has 0 unspecified atom stereocenters. The summed E-state index contributed by atoms with van der Waals surface area (Å²) in [5.41, 5.74) is 1.33. The summed E-state index contributed by atoms with van der Waals surface area (Å²) in [6, 6.07) is 11.5. The van der Waals surface area contributed by atoms with Gasteiger partial charge in [0.1, 0.15) is 18.8 Å². The zero-order chi connectivity index (χ0) is 14.5. The Kier molecular flexibility index (Phi) is 4.43. The number of amides is 1. The third kappa shape index (κ3) is 3.56. The summed E-state index contributed by atoms with van der Waals surface area (Å²) in [6.07, 6.45) is 0. The van der Waals surface area contributed by atoms with Crippen LogP contribution in [0.5, 0.6) is 0 Å². The Morgan fingerprint density at radius 2 is 2.00 bits per heavy atom. The second-order valence-electron chi connectivity index (χ2n) is 5.26. The van der Waals surface area contributed by atoms with Gasteiger partial charge in [-0.25, -0.2) is 4.98 Å². The highest BCUT2D eigenvalue weighted by Gasteiger charge is 2.14. The van der Waals surface area contributed by atoms with Crippen LogP contribution in [-0.2, 0) is 4.74 Å². The number of fused-ring (bicyclic) bond motifs is 1. The zero-order valence-electron chi connectivity index (χ0n) is 12.0. The van der Waals surface area contributed by atoms with Crippen LogP contribution in [0.25, 0.3) is 10.9 Å². The average molecular weight is 286 g/mol. The molecule has 0 aliphatic carbocycles. The number of morpholine rings is 1. The number of pyridine rings is 1. The number of nitrogens with zero attached hydrogens (tertiary/aromatic N) is 1. The smallest absolute Gasteiger partial charge is 0.270 e. The van der Waals surface area contributed by atoms with Gasteiger partial charge in [0.25, 0.3) is 5.91 Å². The molecular formula is C16H20N3O2+. The molecule has 1 saturated heterocycles. The topological polar surface area (TPSA) is 55.7 Å². The lowest BCUT2D eigenvalue weighted by Gasteiger charge is -2.23. The van der Waals surface area contributed by atoms with Crippen molar-refractivity contribution >= 4 is 16.8 Å². The van der Waals surface area contributed by atoms with E-state index in [9.17, 15) is 4.79 Å². The van der Waals surface area contributed by atoms with Gasteiger partial charge in [0.05, 0.1) is 31.8 Å². The number of carbonyl (C=O) groups excluding carboxylic acids is 1. The van der Waals surface area contributed by atoms with Crippen molar-refractivity contribution in [2.24, 2.45) is 0 Å². The summed E-state index contributed by atoms with van der Waals surface area (Å²) < 4.78 is 5.32. The Hall–Kier alpha value is -1.98. The molecule has 5 heteroatoms. The number of benzene rings is 1. The molecule has 5 nitrogen and oxygen atoms in total. The van der Waals surface area contributed by atoms with Gasteiger partial charge < -0.3 is 15.0 Å². The van der Waals surface area contributed by atoms with Crippen LogP contribution in [0.3, 0.4) is 0 Å². The van der Waals surface area contributed by atoms with Crippen molar-refractivity contribution in [3.05, 3.63) is 42.1 Å². The molecule has 1 aliphatic rings. The van der Waals surface area contributed by atoms with Crippen LogP contribution in [0.1, 0.15) is 10.5 Å². The minimum absolute atomic E-state index is 0.103. The second-order valence-corrected chi connectivity index (χ2v) is 5.26. The third-order valence-electron chi connectivity index (χ3n) is 3.80. The van der Waals surface area contributed by atoms with Crippen molar-refractivity contribution in [3.63, 3.8) is 0 Å². The monoisotopic (exact) mass is 286 g/mol. The first-order valence-electron chi connectivity index (χ1n) is 7.38. The fourth-order valence-corrected chi connectivity index (χ4v) is 2.55. The number of nitrogens with one attached hydrogen (secondary N) is 2. The van der Waals surface area contributed by atoms with Crippen LogP contribution >= 0.6 is 0 Å². The standard InChI is InChI=1S/C16H19N3O2/c20-16(17-7-8-19-9-11-21-12-10-19)15-6-5-13-3-1-2-4-14(13)18-15/h1-6H,7-12H2,(H,17,20)/p+1. The minimum atomic E-state index is -0.103. The molecule has 2 heterocycles. The van der Waals surface area contributed by atoms with E-state index in [1.54, 1.807) is 6.07 Å².